The minimum atomic E-state index is -0.199. The van der Waals surface area contributed by atoms with E-state index in [1.165, 1.54) is 0 Å². The smallest absolute Gasteiger partial charge is 0.254 e. The molecular formula is C16H24N4O. The Hall–Kier alpha value is -2.09. The van der Waals surface area contributed by atoms with Gasteiger partial charge in [0, 0.05) is 29.8 Å². The highest BCUT2D eigenvalue weighted by atomic mass is 16.2. The number of aromatic nitrogens is 1. The first-order chi connectivity index (χ1) is 9.68. The molecule has 0 aliphatic rings. The molecule has 1 atom stereocenters. The normalized spacial score (nSPS) is 12.6. The predicted octanol–water partition coefficient (Wildman–Crippen LogP) is 2.58. The molecule has 0 fully saturated rings. The summed E-state index contributed by atoms with van der Waals surface area (Å²) >= 11 is 0. The van der Waals surface area contributed by atoms with Gasteiger partial charge in [-0.05, 0) is 26.0 Å². The third kappa shape index (κ3) is 4.45. The van der Waals surface area contributed by atoms with Crippen molar-refractivity contribution in [1.82, 2.24) is 9.88 Å². The number of carbonyl (C=O) groups is 1. The maximum absolute atomic E-state index is 12.6. The second kappa shape index (κ2) is 6.57. The molecular weight excluding hydrogens is 264 g/mol. The largest absolute Gasteiger partial charge is 0.384 e. The van der Waals surface area contributed by atoms with Gasteiger partial charge >= 0.3 is 0 Å². The van der Waals surface area contributed by atoms with Crippen LogP contribution >= 0.6 is 0 Å². The Balaban J connectivity index is 3.12. The van der Waals surface area contributed by atoms with E-state index in [0.29, 0.717) is 24.5 Å². The first-order valence-corrected chi connectivity index (χ1v) is 7.16. The van der Waals surface area contributed by atoms with E-state index in [1.807, 2.05) is 27.7 Å². The van der Waals surface area contributed by atoms with Crippen LogP contribution in [0.5, 0.6) is 0 Å². The van der Waals surface area contributed by atoms with Crippen LogP contribution in [-0.2, 0) is 5.41 Å². The molecule has 1 unspecified atom stereocenters. The average molecular weight is 288 g/mol. The zero-order valence-corrected chi connectivity index (χ0v) is 13.5. The molecule has 1 heterocycles. The number of pyridine rings is 1. The van der Waals surface area contributed by atoms with Gasteiger partial charge in [0.2, 0.25) is 0 Å². The number of amides is 1. The van der Waals surface area contributed by atoms with Crippen LogP contribution in [0, 0.1) is 17.2 Å². The summed E-state index contributed by atoms with van der Waals surface area (Å²) in [5.74, 6) is 0.0320. The second-order valence-electron chi connectivity index (χ2n) is 6.29. The van der Waals surface area contributed by atoms with Crippen molar-refractivity contribution >= 4 is 11.7 Å². The molecule has 0 saturated heterocycles. The van der Waals surface area contributed by atoms with Gasteiger partial charge in [0.15, 0.2) is 0 Å². The number of nitrogen functional groups attached to an aromatic ring is 1. The number of hydrogen-bond acceptors (Lipinski definition) is 4. The number of anilines is 1. The number of rotatable bonds is 4. The van der Waals surface area contributed by atoms with Gasteiger partial charge in [0.1, 0.15) is 5.82 Å². The molecule has 5 nitrogen and oxygen atoms in total. The van der Waals surface area contributed by atoms with E-state index in [-0.39, 0.29) is 17.2 Å². The molecule has 0 saturated carbocycles. The van der Waals surface area contributed by atoms with Gasteiger partial charge in [-0.1, -0.05) is 20.8 Å². The topological polar surface area (TPSA) is 83.0 Å². The highest BCUT2D eigenvalue weighted by Gasteiger charge is 2.21. The first kappa shape index (κ1) is 17.0. The van der Waals surface area contributed by atoms with Crippen molar-refractivity contribution in [3.63, 3.8) is 0 Å². The van der Waals surface area contributed by atoms with E-state index >= 15 is 0 Å². The van der Waals surface area contributed by atoms with Crippen LogP contribution in [0.3, 0.4) is 0 Å². The minimum absolute atomic E-state index is 0.112. The summed E-state index contributed by atoms with van der Waals surface area (Å²) in [4.78, 5) is 18.6. The lowest BCUT2D eigenvalue weighted by Gasteiger charge is -2.24. The molecule has 0 aromatic carbocycles. The van der Waals surface area contributed by atoms with Crippen LogP contribution < -0.4 is 5.73 Å². The van der Waals surface area contributed by atoms with E-state index in [4.69, 9.17) is 11.0 Å². The fraction of sp³-hybridized carbons (Fsp3) is 0.562. The summed E-state index contributed by atoms with van der Waals surface area (Å²) in [6.45, 7) is 10.8. The molecule has 5 heteroatoms. The Morgan fingerprint density at radius 3 is 2.57 bits per heavy atom. The second-order valence-corrected chi connectivity index (χ2v) is 6.29. The lowest BCUT2D eigenvalue weighted by molar-refractivity contribution is 0.0752. The standard InChI is InChI=1S/C16H24N4O/c1-6-20(10-11(2)9-17)15(21)12-7-13(16(3,4)5)19-14(18)8-12/h7-8,11H,6,10H2,1-5H3,(H2,18,19). The van der Waals surface area contributed by atoms with Gasteiger partial charge in [0.05, 0.1) is 12.0 Å². The lowest BCUT2D eigenvalue weighted by Crippen LogP contribution is -2.34. The predicted molar refractivity (Wildman–Crippen MR) is 83.7 cm³/mol. The Labute approximate surface area is 126 Å². The SMILES string of the molecule is CCN(CC(C)C#N)C(=O)c1cc(N)nc(C(C)(C)C)c1. The molecule has 0 bridgehead atoms. The summed E-state index contributed by atoms with van der Waals surface area (Å²) in [5, 5.41) is 8.91. The van der Waals surface area contributed by atoms with E-state index in [9.17, 15) is 4.79 Å². The molecule has 0 radical (unpaired) electrons. The van der Waals surface area contributed by atoms with E-state index in [2.05, 4.69) is 11.1 Å². The number of nitriles is 1. The number of nitrogens with zero attached hydrogens (tertiary/aromatic N) is 3. The van der Waals surface area contributed by atoms with E-state index in [0.717, 1.165) is 5.69 Å². The highest BCUT2D eigenvalue weighted by Crippen LogP contribution is 2.23. The quantitative estimate of drug-likeness (QED) is 0.923. The Kier molecular flexibility index (Phi) is 5.31. The molecule has 1 aromatic rings. The van der Waals surface area contributed by atoms with Crippen molar-refractivity contribution in [3.8, 4) is 6.07 Å². The Morgan fingerprint density at radius 2 is 2.10 bits per heavy atom. The molecule has 0 spiro atoms. The van der Waals surface area contributed by atoms with Gasteiger partial charge in [-0.15, -0.1) is 0 Å². The van der Waals surface area contributed by atoms with Crippen LogP contribution in [0.4, 0.5) is 5.82 Å². The molecule has 0 aliphatic carbocycles. The maximum Gasteiger partial charge on any atom is 0.254 e. The van der Waals surface area contributed by atoms with Gasteiger partial charge in [0.25, 0.3) is 5.91 Å². The summed E-state index contributed by atoms with van der Waals surface area (Å²) in [6.07, 6.45) is 0. The summed E-state index contributed by atoms with van der Waals surface area (Å²) in [7, 11) is 0. The van der Waals surface area contributed by atoms with Crippen molar-refractivity contribution in [1.29, 1.82) is 5.26 Å². The van der Waals surface area contributed by atoms with Crippen molar-refractivity contribution < 1.29 is 4.79 Å². The fourth-order valence-electron chi connectivity index (χ4n) is 1.97. The fourth-order valence-corrected chi connectivity index (χ4v) is 1.97. The third-order valence-corrected chi connectivity index (χ3v) is 3.24. The van der Waals surface area contributed by atoms with Gasteiger partial charge in [-0.3, -0.25) is 4.79 Å². The van der Waals surface area contributed by atoms with Crippen molar-refractivity contribution in [2.45, 2.75) is 40.0 Å². The number of hydrogen-bond donors (Lipinski definition) is 1. The Morgan fingerprint density at radius 1 is 1.48 bits per heavy atom. The van der Waals surface area contributed by atoms with Gasteiger partial charge in [-0.25, -0.2) is 4.98 Å². The minimum Gasteiger partial charge on any atom is -0.384 e. The lowest BCUT2D eigenvalue weighted by atomic mass is 9.90. The highest BCUT2D eigenvalue weighted by molar-refractivity contribution is 5.95. The van der Waals surface area contributed by atoms with Crippen molar-refractivity contribution in [2.24, 2.45) is 5.92 Å². The molecule has 0 aliphatic heterocycles. The molecule has 1 amide bonds. The monoisotopic (exact) mass is 288 g/mol. The first-order valence-electron chi connectivity index (χ1n) is 7.16. The van der Waals surface area contributed by atoms with E-state index in [1.54, 1.807) is 24.0 Å². The maximum atomic E-state index is 12.6. The molecule has 1 aromatic heterocycles. The molecule has 114 valence electrons. The molecule has 1 rings (SSSR count). The molecule has 2 N–H and O–H groups in total. The summed E-state index contributed by atoms with van der Waals surface area (Å²) in [5.41, 5.74) is 6.96. The zero-order chi connectivity index (χ0) is 16.2. The zero-order valence-electron chi connectivity index (χ0n) is 13.5. The number of nitrogens with two attached hydrogens (primary N) is 1. The van der Waals surface area contributed by atoms with Gasteiger partial charge < -0.3 is 10.6 Å². The van der Waals surface area contributed by atoms with Crippen LogP contribution in [0.25, 0.3) is 0 Å². The van der Waals surface area contributed by atoms with E-state index < -0.39 is 0 Å². The van der Waals surface area contributed by atoms with Crippen LogP contribution in [-0.4, -0.2) is 28.9 Å². The average Bonchev–Trinajstić information content (AvgIpc) is 2.42. The van der Waals surface area contributed by atoms with Crippen molar-refractivity contribution in [3.05, 3.63) is 23.4 Å². The molecule has 21 heavy (non-hydrogen) atoms. The van der Waals surface area contributed by atoms with Gasteiger partial charge in [-0.2, -0.15) is 5.26 Å². The van der Waals surface area contributed by atoms with Crippen LogP contribution in [0.15, 0.2) is 12.1 Å². The number of carbonyl (C=O) groups excluding carboxylic acids is 1. The van der Waals surface area contributed by atoms with Crippen molar-refractivity contribution in [2.75, 3.05) is 18.8 Å². The third-order valence-electron chi connectivity index (χ3n) is 3.24. The van der Waals surface area contributed by atoms with Crippen LogP contribution in [0.2, 0.25) is 0 Å². The Bertz CT molecular complexity index is 554. The summed E-state index contributed by atoms with van der Waals surface area (Å²) in [6, 6.07) is 5.54. The van der Waals surface area contributed by atoms with Crippen LogP contribution in [0.1, 0.15) is 50.7 Å². The summed E-state index contributed by atoms with van der Waals surface area (Å²) < 4.78 is 0.